The van der Waals surface area contributed by atoms with Gasteiger partial charge >= 0.3 is 0 Å². The second-order valence-electron chi connectivity index (χ2n) is 4.36. The molecule has 0 aliphatic heterocycles. The second-order valence-corrected chi connectivity index (χ2v) is 7.34. The third kappa shape index (κ3) is 6.17. The first-order chi connectivity index (χ1) is 8.82. The van der Waals surface area contributed by atoms with E-state index in [4.69, 9.17) is 5.73 Å². The van der Waals surface area contributed by atoms with E-state index in [0.717, 1.165) is 4.47 Å². The van der Waals surface area contributed by atoms with Gasteiger partial charge in [-0.05, 0) is 24.6 Å². The van der Waals surface area contributed by atoms with Gasteiger partial charge in [-0.2, -0.15) is 0 Å². The van der Waals surface area contributed by atoms with Gasteiger partial charge in [0.15, 0.2) is 9.84 Å². The number of carbonyl (C=O) groups is 1. The summed E-state index contributed by atoms with van der Waals surface area (Å²) in [5.74, 6) is -1.19. The van der Waals surface area contributed by atoms with E-state index in [9.17, 15) is 13.2 Å². The van der Waals surface area contributed by atoms with Gasteiger partial charge < -0.3 is 11.1 Å². The number of amides is 1. The smallest absolute Gasteiger partial charge is 0.235 e. The van der Waals surface area contributed by atoms with Crippen LogP contribution in [0.3, 0.4) is 0 Å². The van der Waals surface area contributed by atoms with Crippen LogP contribution in [-0.2, 0) is 20.4 Å². The van der Waals surface area contributed by atoms with E-state index in [1.807, 2.05) is 0 Å². The molecule has 3 N–H and O–H groups in total. The van der Waals surface area contributed by atoms with Crippen LogP contribution in [0.25, 0.3) is 0 Å². The lowest BCUT2D eigenvalue weighted by Gasteiger charge is -2.11. The highest BCUT2D eigenvalue weighted by molar-refractivity contribution is 9.10. The van der Waals surface area contributed by atoms with Gasteiger partial charge in [0.2, 0.25) is 5.91 Å². The van der Waals surface area contributed by atoms with Crippen molar-refractivity contribution in [3.63, 3.8) is 0 Å². The van der Waals surface area contributed by atoms with Crippen molar-refractivity contribution < 1.29 is 13.2 Å². The molecule has 0 bridgehead atoms. The molecule has 106 valence electrons. The number of nitrogens with one attached hydrogen (secondary N) is 1. The summed E-state index contributed by atoms with van der Waals surface area (Å²) >= 11 is 3.28. The zero-order valence-corrected chi connectivity index (χ0v) is 13.0. The highest BCUT2D eigenvalue weighted by Gasteiger charge is 2.18. The highest BCUT2D eigenvalue weighted by Crippen LogP contribution is 2.13. The Morgan fingerprint density at radius 1 is 1.37 bits per heavy atom. The molecule has 0 aromatic heterocycles. The van der Waals surface area contributed by atoms with Crippen molar-refractivity contribution in [2.75, 3.05) is 12.3 Å². The van der Waals surface area contributed by atoms with Gasteiger partial charge in [-0.1, -0.05) is 28.1 Å². The Morgan fingerprint density at radius 2 is 1.95 bits per heavy atom. The van der Waals surface area contributed by atoms with Crippen LogP contribution < -0.4 is 11.1 Å². The summed E-state index contributed by atoms with van der Waals surface area (Å²) < 4.78 is 24.6. The lowest BCUT2D eigenvalue weighted by atomic mass is 10.2. The Labute approximate surface area is 121 Å². The summed E-state index contributed by atoms with van der Waals surface area (Å²) in [5, 5.41) is 2.53. The van der Waals surface area contributed by atoms with Crippen molar-refractivity contribution in [2.24, 2.45) is 5.73 Å². The molecule has 0 radical (unpaired) electrons. The van der Waals surface area contributed by atoms with E-state index in [2.05, 4.69) is 21.2 Å². The Hall–Kier alpha value is -0.920. The van der Waals surface area contributed by atoms with E-state index in [1.165, 1.54) is 0 Å². The van der Waals surface area contributed by atoms with Gasteiger partial charge in [-0.3, -0.25) is 4.79 Å². The molecule has 0 aliphatic rings. The lowest BCUT2D eigenvalue weighted by molar-refractivity contribution is -0.119. The Bertz CT molecular complexity index is 528. The van der Waals surface area contributed by atoms with Crippen LogP contribution in [0.2, 0.25) is 0 Å². The average molecular weight is 349 g/mol. The number of halogens is 1. The maximum atomic E-state index is 11.9. The normalized spacial score (nSPS) is 13.0. The van der Waals surface area contributed by atoms with Crippen LogP contribution in [0.5, 0.6) is 0 Å². The van der Waals surface area contributed by atoms with Gasteiger partial charge in [0.25, 0.3) is 0 Å². The molecular formula is C12H17BrN2O3S. The molecule has 1 rings (SSSR count). The molecule has 0 saturated carbocycles. The number of nitrogens with two attached hydrogens (primary N) is 1. The van der Waals surface area contributed by atoms with Crippen LogP contribution in [0.4, 0.5) is 0 Å². The molecular weight excluding hydrogens is 332 g/mol. The van der Waals surface area contributed by atoms with Crippen molar-refractivity contribution in [3.8, 4) is 0 Å². The van der Waals surface area contributed by atoms with Gasteiger partial charge in [-0.25, -0.2) is 8.42 Å². The SMILES string of the molecule is C[C@@H](CN)NC(=O)CS(=O)(=O)Cc1ccc(Br)cc1. The maximum Gasteiger partial charge on any atom is 0.235 e. The molecule has 19 heavy (non-hydrogen) atoms. The fourth-order valence-electron chi connectivity index (χ4n) is 1.46. The van der Waals surface area contributed by atoms with E-state index in [0.29, 0.717) is 5.56 Å². The van der Waals surface area contributed by atoms with Crippen LogP contribution >= 0.6 is 15.9 Å². The number of rotatable bonds is 6. The summed E-state index contributed by atoms with van der Waals surface area (Å²) in [7, 11) is -3.47. The zero-order valence-electron chi connectivity index (χ0n) is 10.6. The molecule has 7 heteroatoms. The van der Waals surface area contributed by atoms with Crippen molar-refractivity contribution in [1.29, 1.82) is 0 Å². The van der Waals surface area contributed by atoms with Gasteiger partial charge in [0.1, 0.15) is 5.75 Å². The molecule has 0 spiro atoms. The lowest BCUT2D eigenvalue weighted by Crippen LogP contribution is -2.40. The fourth-order valence-corrected chi connectivity index (χ4v) is 3.01. The van der Waals surface area contributed by atoms with E-state index < -0.39 is 21.5 Å². The number of hydrogen-bond donors (Lipinski definition) is 2. The minimum absolute atomic E-state index is 0.148. The van der Waals surface area contributed by atoms with Crippen LogP contribution in [0.15, 0.2) is 28.7 Å². The molecule has 1 amide bonds. The summed E-state index contributed by atoms with van der Waals surface area (Å²) in [4.78, 5) is 11.5. The standard InChI is InChI=1S/C12H17BrN2O3S/c1-9(6-14)15-12(16)8-19(17,18)7-10-2-4-11(13)5-3-10/h2-5,9H,6-8,14H2,1H3,(H,15,16)/t9-/m0/s1. The summed E-state index contributed by atoms with van der Waals surface area (Å²) in [6.45, 7) is 2.00. The van der Waals surface area contributed by atoms with Crippen molar-refractivity contribution in [2.45, 2.75) is 18.7 Å². The minimum Gasteiger partial charge on any atom is -0.351 e. The third-order valence-electron chi connectivity index (χ3n) is 2.41. The first-order valence-electron chi connectivity index (χ1n) is 5.76. The first-order valence-corrected chi connectivity index (χ1v) is 8.38. The largest absolute Gasteiger partial charge is 0.351 e. The van der Waals surface area contributed by atoms with Crippen molar-refractivity contribution in [3.05, 3.63) is 34.3 Å². The minimum atomic E-state index is -3.47. The molecule has 1 aromatic rings. The maximum absolute atomic E-state index is 11.9. The quantitative estimate of drug-likeness (QED) is 0.796. The summed E-state index contributed by atoms with van der Waals surface area (Å²) in [6.07, 6.45) is 0. The molecule has 0 heterocycles. The second kappa shape index (κ2) is 7.02. The molecule has 1 atom stereocenters. The van der Waals surface area contributed by atoms with E-state index in [-0.39, 0.29) is 18.3 Å². The molecule has 5 nitrogen and oxygen atoms in total. The number of benzene rings is 1. The van der Waals surface area contributed by atoms with Crippen LogP contribution in [0.1, 0.15) is 12.5 Å². The van der Waals surface area contributed by atoms with Gasteiger partial charge in [0.05, 0.1) is 5.75 Å². The molecule has 0 saturated heterocycles. The van der Waals surface area contributed by atoms with Gasteiger partial charge in [0, 0.05) is 17.1 Å². The number of hydrogen-bond acceptors (Lipinski definition) is 4. The average Bonchev–Trinajstić information content (AvgIpc) is 2.30. The Kier molecular flexibility index (Phi) is 5.96. The summed E-state index contributed by atoms with van der Waals surface area (Å²) in [6, 6.07) is 6.72. The fraction of sp³-hybridized carbons (Fsp3) is 0.417. The Balaban J connectivity index is 2.61. The monoisotopic (exact) mass is 348 g/mol. The molecule has 0 unspecified atom stereocenters. The molecule has 0 aliphatic carbocycles. The first kappa shape index (κ1) is 16.1. The summed E-state index contributed by atoms with van der Waals surface area (Å²) in [5.41, 5.74) is 6.01. The molecule has 0 fully saturated rings. The predicted octanol–water partition coefficient (Wildman–Crippen LogP) is 0.827. The number of carbonyl (C=O) groups excluding carboxylic acids is 1. The highest BCUT2D eigenvalue weighted by atomic mass is 79.9. The van der Waals surface area contributed by atoms with Crippen LogP contribution in [0, 0.1) is 0 Å². The number of sulfone groups is 1. The van der Waals surface area contributed by atoms with Gasteiger partial charge in [-0.15, -0.1) is 0 Å². The van der Waals surface area contributed by atoms with E-state index >= 15 is 0 Å². The predicted molar refractivity (Wildman–Crippen MR) is 78.3 cm³/mol. The zero-order chi connectivity index (χ0) is 14.5. The third-order valence-corrected chi connectivity index (χ3v) is 4.42. The van der Waals surface area contributed by atoms with Crippen LogP contribution in [-0.4, -0.2) is 32.7 Å². The van der Waals surface area contributed by atoms with Crippen molar-refractivity contribution in [1.82, 2.24) is 5.32 Å². The van der Waals surface area contributed by atoms with Crippen molar-refractivity contribution >= 4 is 31.7 Å². The molecule has 1 aromatic carbocycles. The topological polar surface area (TPSA) is 89.3 Å². The van der Waals surface area contributed by atoms with E-state index in [1.54, 1.807) is 31.2 Å². The Morgan fingerprint density at radius 3 is 2.47 bits per heavy atom.